The molecule has 104 valence electrons. The molecule has 0 aliphatic carbocycles. The summed E-state index contributed by atoms with van der Waals surface area (Å²) in [5.41, 5.74) is 1.67. The number of nitrogens with one attached hydrogen (secondary N) is 1. The van der Waals surface area contributed by atoms with Crippen molar-refractivity contribution in [1.82, 2.24) is 9.97 Å². The zero-order valence-electron chi connectivity index (χ0n) is 10.4. The number of halogens is 2. The number of hydrogen-bond donors (Lipinski definition) is 1. The fourth-order valence-electron chi connectivity index (χ4n) is 1.97. The van der Waals surface area contributed by atoms with E-state index in [1.807, 2.05) is 23.8 Å². The van der Waals surface area contributed by atoms with E-state index in [9.17, 15) is 4.79 Å². The number of H-pyrrole nitrogens is 1. The number of fused-ring (bicyclic) bond motifs is 1. The molecule has 3 nitrogen and oxygen atoms in total. The average Bonchev–Trinajstić information content (AvgIpc) is 3.03. The Morgan fingerprint density at radius 1 is 1.40 bits per heavy atom. The minimum absolute atomic E-state index is 0.150. The van der Waals surface area contributed by atoms with Crippen LogP contribution in [-0.2, 0) is 0 Å². The zero-order valence-corrected chi connectivity index (χ0v) is 13.6. The minimum atomic E-state index is -0.270. The van der Waals surface area contributed by atoms with Crippen LogP contribution in [0.25, 0.3) is 21.3 Å². The molecule has 3 aromatic rings. The topological polar surface area (TPSA) is 45.8 Å². The van der Waals surface area contributed by atoms with E-state index < -0.39 is 0 Å². The van der Waals surface area contributed by atoms with Gasteiger partial charge < -0.3 is 4.98 Å². The molecule has 3 rings (SSSR count). The second kappa shape index (κ2) is 5.48. The van der Waals surface area contributed by atoms with Gasteiger partial charge in [-0.05, 0) is 18.1 Å². The van der Waals surface area contributed by atoms with Gasteiger partial charge in [-0.1, -0.05) is 18.5 Å². The fourth-order valence-corrected chi connectivity index (χ4v) is 3.91. The molecule has 0 saturated carbocycles. The molecule has 0 amide bonds. The predicted molar refractivity (Wildman–Crippen MR) is 87.4 cm³/mol. The molecule has 0 bridgehead atoms. The molecule has 1 atom stereocenters. The summed E-state index contributed by atoms with van der Waals surface area (Å²) in [5, 5.41) is 4.21. The van der Waals surface area contributed by atoms with E-state index in [-0.39, 0.29) is 10.9 Å². The Bertz CT molecular complexity index is 821. The van der Waals surface area contributed by atoms with Gasteiger partial charge in [0.25, 0.3) is 5.56 Å². The van der Waals surface area contributed by atoms with E-state index in [1.54, 1.807) is 0 Å². The van der Waals surface area contributed by atoms with Gasteiger partial charge in [0.15, 0.2) is 0 Å². The van der Waals surface area contributed by atoms with E-state index in [2.05, 4.69) is 9.97 Å². The van der Waals surface area contributed by atoms with Crippen LogP contribution in [0.4, 0.5) is 0 Å². The van der Waals surface area contributed by atoms with Crippen molar-refractivity contribution < 1.29 is 0 Å². The van der Waals surface area contributed by atoms with Crippen LogP contribution in [0.5, 0.6) is 0 Å². The third-order valence-electron chi connectivity index (χ3n) is 3.00. The summed E-state index contributed by atoms with van der Waals surface area (Å²) in [6.07, 6.45) is 0.717. The van der Waals surface area contributed by atoms with Gasteiger partial charge in [-0.2, -0.15) is 0 Å². The van der Waals surface area contributed by atoms with Gasteiger partial charge in [0.1, 0.15) is 10.7 Å². The first-order valence-electron chi connectivity index (χ1n) is 6.00. The van der Waals surface area contributed by atoms with Crippen LogP contribution >= 0.6 is 45.9 Å². The molecule has 0 fully saturated rings. The van der Waals surface area contributed by atoms with Crippen molar-refractivity contribution >= 4 is 56.1 Å². The van der Waals surface area contributed by atoms with E-state index in [1.165, 1.54) is 22.7 Å². The molecule has 1 unspecified atom stereocenters. The third-order valence-corrected chi connectivity index (χ3v) is 5.47. The number of rotatable bonds is 3. The molecule has 0 aromatic carbocycles. The van der Waals surface area contributed by atoms with Gasteiger partial charge >= 0.3 is 0 Å². The fraction of sp³-hybridized carbons (Fsp3) is 0.231. The van der Waals surface area contributed by atoms with Crippen LogP contribution in [0.3, 0.4) is 0 Å². The maximum absolute atomic E-state index is 12.3. The summed E-state index contributed by atoms with van der Waals surface area (Å²) in [5.74, 6) is 0.531. The lowest BCUT2D eigenvalue weighted by molar-refractivity contribution is 0.807. The number of hydrogen-bond acceptors (Lipinski definition) is 4. The van der Waals surface area contributed by atoms with Crippen LogP contribution in [0, 0.1) is 0 Å². The highest BCUT2D eigenvalue weighted by atomic mass is 35.5. The quantitative estimate of drug-likeness (QED) is 0.675. The summed E-state index contributed by atoms with van der Waals surface area (Å²) < 4.78 is 0.701. The molecular weight excluding hydrogens is 335 g/mol. The molecule has 7 heteroatoms. The Balaban J connectivity index is 2.21. The van der Waals surface area contributed by atoms with Gasteiger partial charge in [-0.25, -0.2) is 4.98 Å². The van der Waals surface area contributed by atoms with Gasteiger partial charge in [0, 0.05) is 16.3 Å². The summed E-state index contributed by atoms with van der Waals surface area (Å²) >= 11 is 15.0. The molecule has 3 heterocycles. The lowest BCUT2D eigenvalue weighted by Gasteiger charge is -2.05. The van der Waals surface area contributed by atoms with Crippen molar-refractivity contribution in [3.05, 3.63) is 37.3 Å². The van der Waals surface area contributed by atoms with Crippen molar-refractivity contribution in [2.24, 2.45) is 0 Å². The van der Waals surface area contributed by atoms with Crippen molar-refractivity contribution in [1.29, 1.82) is 0 Å². The average molecular weight is 345 g/mol. The first-order chi connectivity index (χ1) is 9.60. The number of thiophene rings is 2. The molecule has 0 saturated heterocycles. The highest BCUT2D eigenvalue weighted by Crippen LogP contribution is 2.35. The first-order valence-corrected chi connectivity index (χ1v) is 8.57. The Morgan fingerprint density at radius 2 is 2.20 bits per heavy atom. The Hall–Kier alpha value is -0.880. The highest BCUT2D eigenvalue weighted by Gasteiger charge is 2.16. The standard InChI is InChI=1S/C13H10Cl2N2OS2/c1-2-8(14)11-16-12(18)10-7(5-20-13(10)17-11)6-3-9(15)19-4-6/h3-5,8H,2H2,1H3,(H,16,17,18). The lowest BCUT2D eigenvalue weighted by Crippen LogP contribution is -2.12. The molecule has 0 aliphatic rings. The van der Waals surface area contributed by atoms with Crippen LogP contribution in [0.15, 0.2) is 21.6 Å². The van der Waals surface area contributed by atoms with Crippen LogP contribution in [0.1, 0.15) is 24.5 Å². The predicted octanol–water partition coefficient (Wildman–Crippen LogP) is 5.06. The molecule has 0 aliphatic heterocycles. The SMILES string of the molecule is CCC(Cl)c1nc2scc(-c3csc(Cl)c3)c2c(=O)[nH]1. The maximum Gasteiger partial charge on any atom is 0.260 e. The van der Waals surface area contributed by atoms with Gasteiger partial charge in [-0.15, -0.1) is 34.3 Å². The van der Waals surface area contributed by atoms with Crippen molar-refractivity contribution in [3.63, 3.8) is 0 Å². The number of nitrogens with zero attached hydrogens (tertiary/aromatic N) is 1. The van der Waals surface area contributed by atoms with E-state index in [0.717, 1.165) is 11.1 Å². The van der Waals surface area contributed by atoms with E-state index in [4.69, 9.17) is 23.2 Å². The second-order valence-corrected chi connectivity index (χ2v) is 7.22. The summed E-state index contributed by atoms with van der Waals surface area (Å²) in [6.45, 7) is 1.95. The summed E-state index contributed by atoms with van der Waals surface area (Å²) in [7, 11) is 0. The maximum atomic E-state index is 12.3. The van der Waals surface area contributed by atoms with Gasteiger partial charge in [0.05, 0.1) is 15.1 Å². The van der Waals surface area contributed by atoms with Crippen LogP contribution < -0.4 is 5.56 Å². The molecule has 0 spiro atoms. The molecule has 0 radical (unpaired) electrons. The highest BCUT2D eigenvalue weighted by molar-refractivity contribution is 7.17. The van der Waals surface area contributed by atoms with E-state index in [0.29, 0.717) is 26.8 Å². The minimum Gasteiger partial charge on any atom is -0.309 e. The van der Waals surface area contributed by atoms with Gasteiger partial charge in [0.2, 0.25) is 0 Å². The largest absolute Gasteiger partial charge is 0.309 e. The summed E-state index contributed by atoms with van der Waals surface area (Å²) in [6, 6.07) is 1.86. The number of aromatic nitrogens is 2. The van der Waals surface area contributed by atoms with Crippen molar-refractivity contribution in [2.75, 3.05) is 0 Å². The lowest BCUT2D eigenvalue weighted by atomic mass is 10.1. The van der Waals surface area contributed by atoms with Crippen LogP contribution in [-0.4, -0.2) is 9.97 Å². The number of alkyl halides is 1. The Kier molecular flexibility index (Phi) is 3.86. The molecule has 20 heavy (non-hydrogen) atoms. The zero-order chi connectivity index (χ0) is 14.3. The van der Waals surface area contributed by atoms with E-state index >= 15 is 0 Å². The monoisotopic (exact) mass is 344 g/mol. The third kappa shape index (κ3) is 2.39. The first kappa shape index (κ1) is 14.1. The van der Waals surface area contributed by atoms with Crippen molar-refractivity contribution in [3.8, 4) is 11.1 Å². The Labute approximate surface area is 133 Å². The van der Waals surface area contributed by atoms with Crippen LogP contribution in [0.2, 0.25) is 4.34 Å². The normalized spacial score (nSPS) is 12.9. The molecule has 1 N–H and O–H groups in total. The smallest absolute Gasteiger partial charge is 0.260 e. The summed E-state index contributed by atoms with van der Waals surface area (Å²) in [4.78, 5) is 20.3. The van der Waals surface area contributed by atoms with Crippen molar-refractivity contribution in [2.45, 2.75) is 18.7 Å². The number of aromatic amines is 1. The molecular formula is C13H10Cl2N2OS2. The molecule has 3 aromatic heterocycles. The second-order valence-electron chi connectivity index (χ2n) is 4.30. The Morgan fingerprint density at radius 3 is 2.85 bits per heavy atom. The van der Waals surface area contributed by atoms with Gasteiger partial charge in [-0.3, -0.25) is 4.79 Å².